The quantitative estimate of drug-likeness (QED) is 0.877. The molecule has 1 aliphatic carbocycles. The third kappa shape index (κ3) is 3.40. The van der Waals surface area contributed by atoms with Crippen molar-refractivity contribution in [2.75, 3.05) is 6.54 Å². The molecule has 0 saturated heterocycles. The van der Waals surface area contributed by atoms with Crippen LogP contribution in [0.4, 0.5) is 8.78 Å². The van der Waals surface area contributed by atoms with Crippen molar-refractivity contribution in [3.8, 4) is 0 Å². The highest BCUT2D eigenvalue weighted by molar-refractivity contribution is 5.81. The summed E-state index contributed by atoms with van der Waals surface area (Å²) in [7, 11) is 0. The molecule has 1 unspecified atom stereocenters. The number of hydrogen-bond acceptors (Lipinski definition) is 2. The first kappa shape index (κ1) is 15.9. The van der Waals surface area contributed by atoms with Gasteiger partial charge in [-0.15, -0.1) is 0 Å². The van der Waals surface area contributed by atoms with Crippen molar-refractivity contribution in [2.24, 2.45) is 11.7 Å². The topological polar surface area (TPSA) is 63.3 Å². The summed E-state index contributed by atoms with van der Waals surface area (Å²) < 4.78 is 26.9. The van der Waals surface area contributed by atoms with Crippen LogP contribution in [0.1, 0.15) is 44.1 Å². The molecule has 0 aliphatic heterocycles. The molecule has 21 heavy (non-hydrogen) atoms. The van der Waals surface area contributed by atoms with Crippen LogP contribution >= 0.6 is 0 Å². The van der Waals surface area contributed by atoms with Crippen molar-refractivity contribution >= 4 is 5.97 Å². The van der Waals surface area contributed by atoms with Crippen molar-refractivity contribution in [3.63, 3.8) is 0 Å². The van der Waals surface area contributed by atoms with E-state index in [0.29, 0.717) is 6.42 Å². The van der Waals surface area contributed by atoms with Crippen LogP contribution in [0, 0.1) is 17.6 Å². The fourth-order valence-electron chi connectivity index (χ4n) is 3.33. The van der Waals surface area contributed by atoms with Crippen molar-refractivity contribution < 1.29 is 18.7 Å². The van der Waals surface area contributed by atoms with Crippen LogP contribution in [0.2, 0.25) is 0 Å². The molecule has 5 heteroatoms. The molecule has 3 N–H and O–H groups in total. The van der Waals surface area contributed by atoms with Gasteiger partial charge in [0.2, 0.25) is 0 Å². The van der Waals surface area contributed by atoms with Crippen LogP contribution in [0.25, 0.3) is 0 Å². The number of carboxylic acids is 1. The number of benzene rings is 1. The summed E-state index contributed by atoms with van der Waals surface area (Å²) in [6.45, 7) is -0.165. The number of hydrogen-bond donors (Lipinski definition) is 2. The van der Waals surface area contributed by atoms with E-state index in [1.807, 2.05) is 0 Å². The molecular weight excluding hydrogens is 276 g/mol. The number of rotatable bonds is 5. The van der Waals surface area contributed by atoms with E-state index in [-0.39, 0.29) is 18.0 Å². The molecular formula is C16H21F2NO2. The first-order chi connectivity index (χ1) is 9.98. The summed E-state index contributed by atoms with van der Waals surface area (Å²) in [6, 6.07) is 2.92. The van der Waals surface area contributed by atoms with Gasteiger partial charge in [-0.25, -0.2) is 8.78 Å². The van der Waals surface area contributed by atoms with E-state index in [4.69, 9.17) is 5.73 Å². The Labute approximate surface area is 123 Å². The predicted molar refractivity (Wildman–Crippen MR) is 75.9 cm³/mol. The molecule has 0 aromatic heterocycles. The van der Waals surface area contributed by atoms with Gasteiger partial charge in [0.1, 0.15) is 17.0 Å². The van der Waals surface area contributed by atoms with Crippen LogP contribution in [-0.4, -0.2) is 17.6 Å². The summed E-state index contributed by atoms with van der Waals surface area (Å²) in [5.74, 6) is -2.41. The Morgan fingerprint density at radius 3 is 2.24 bits per heavy atom. The van der Waals surface area contributed by atoms with Crippen molar-refractivity contribution in [1.29, 1.82) is 0 Å². The Morgan fingerprint density at radius 1 is 1.19 bits per heavy atom. The molecule has 0 heterocycles. The molecule has 3 nitrogen and oxygen atoms in total. The third-order valence-corrected chi connectivity index (χ3v) is 4.53. The number of carboxylic acid groups (broad SMARTS) is 1. The molecule has 1 aromatic carbocycles. The van der Waals surface area contributed by atoms with Gasteiger partial charge in [-0.05, 0) is 30.0 Å². The fourth-order valence-corrected chi connectivity index (χ4v) is 3.33. The van der Waals surface area contributed by atoms with Gasteiger partial charge in [0.25, 0.3) is 0 Å². The molecule has 1 fully saturated rings. The number of aliphatic carboxylic acids is 1. The second-order valence-corrected chi connectivity index (χ2v) is 5.96. The van der Waals surface area contributed by atoms with E-state index >= 15 is 0 Å². The van der Waals surface area contributed by atoms with Gasteiger partial charge in [0.05, 0.1) is 0 Å². The van der Waals surface area contributed by atoms with Gasteiger partial charge in [0, 0.05) is 12.6 Å². The van der Waals surface area contributed by atoms with Gasteiger partial charge in [-0.3, -0.25) is 4.79 Å². The van der Waals surface area contributed by atoms with Gasteiger partial charge >= 0.3 is 5.97 Å². The van der Waals surface area contributed by atoms with E-state index in [1.54, 1.807) is 0 Å². The molecule has 1 aromatic rings. The van der Waals surface area contributed by atoms with E-state index in [9.17, 15) is 18.7 Å². The molecule has 1 atom stereocenters. The smallest absolute Gasteiger partial charge is 0.315 e. The van der Waals surface area contributed by atoms with Gasteiger partial charge in [-0.2, -0.15) is 0 Å². The van der Waals surface area contributed by atoms with Crippen molar-refractivity contribution in [2.45, 2.75) is 43.9 Å². The van der Waals surface area contributed by atoms with Gasteiger partial charge in [0.15, 0.2) is 0 Å². The third-order valence-electron chi connectivity index (χ3n) is 4.53. The highest BCUT2D eigenvalue weighted by Gasteiger charge is 2.41. The lowest BCUT2D eigenvalue weighted by molar-refractivity contribution is -0.144. The maximum atomic E-state index is 13.5. The minimum absolute atomic E-state index is 0.126. The molecule has 0 spiro atoms. The fraction of sp³-hybridized carbons (Fsp3) is 0.562. The lowest BCUT2D eigenvalue weighted by Gasteiger charge is -2.34. The Kier molecular flexibility index (Phi) is 4.93. The zero-order chi connectivity index (χ0) is 15.5. The van der Waals surface area contributed by atoms with Crippen LogP contribution in [-0.2, 0) is 10.2 Å². The number of carbonyl (C=O) groups is 1. The average Bonchev–Trinajstić information content (AvgIpc) is 2.44. The molecule has 1 saturated carbocycles. The SMILES string of the molecule is NCC(CC1CCCCC1)(C(=O)O)c1cc(F)cc(F)c1. The standard InChI is InChI=1S/C16H21F2NO2/c17-13-6-12(7-14(18)8-13)16(10-19,15(20)21)9-11-4-2-1-3-5-11/h6-8,11H,1-5,9-10,19H2,(H,20,21). The molecule has 2 rings (SSSR count). The lowest BCUT2D eigenvalue weighted by atomic mass is 9.70. The average molecular weight is 297 g/mol. The highest BCUT2D eigenvalue weighted by atomic mass is 19.1. The highest BCUT2D eigenvalue weighted by Crippen LogP contribution is 2.37. The van der Waals surface area contributed by atoms with Crippen LogP contribution in [0.3, 0.4) is 0 Å². The zero-order valence-corrected chi connectivity index (χ0v) is 11.9. The summed E-state index contributed by atoms with van der Waals surface area (Å²) >= 11 is 0. The van der Waals surface area contributed by atoms with E-state index in [1.165, 1.54) is 0 Å². The van der Waals surface area contributed by atoms with Crippen molar-refractivity contribution in [1.82, 2.24) is 0 Å². The Morgan fingerprint density at radius 2 is 1.76 bits per heavy atom. The first-order valence-corrected chi connectivity index (χ1v) is 7.38. The molecule has 116 valence electrons. The largest absolute Gasteiger partial charge is 0.481 e. The maximum Gasteiger partial charge on any atom is 0.315 e. The van der Waals surface area contributed by atoms with Crippen LogP contribution < -0.4 is 5.73 Å². The summed E-state index contributed by atoms with van der Waals surface area (Å²) in [5, 5.41) is 9.66. The van der Waals surface area contributed by atoms with Gasteiger partial charge in [-0.1, -0.05) is 32.1 Å². The minimum Gasteiger partial charge on any atom is -0.481 e. The Balaban J connectivity index is 2.37. The minimum atomic E-state index is -1.41. The molecule has 0 radical (unpaired) electrons. The van der Waals surface area contributed by atoms with Crippen molar-refractivity contribution in [3.05, 3.63) is 35.4 Å². The second-order valence-electron chi connectivity index (χ2n) is 5.96. The van der Waals surface area contributed by atoms with Crippen LogP contribution in [0.15, 0.2) is 18.2 Å². The number of halogens is 2. The number of nitrogens with two attached hydrogens (primary N) is 1. The molecule has 1 aliphatic rings. The summed E-state index contributed by atoms with van der Waals surface area (Å²) in [4.78, 5) is 11.8. The van der Waals surface area contributed by atoms with E-state index < -0.39 is 23.0 Å². The predicted octanol–water partition coefficient (Wildman–Crippen LogP) is 3.22. The summed E-state index contributed by atoms with van der Waals surface area (Å²) in [6.07, 6.45) is 5.54. The van der Waals surface area contributed by atoms with Crippen LogP contribution in [0.5, 0.6) is 0 Å². The Hall–Kier alpha value is -1.49. The monoisotopic (exact) mass is 297 g/mol. The maximum absolute atomic E-state index is 13.5. The first-order valence-electron chi connectivity index (χ1n) is 7.38. The second kappa shape index (κ2) is 6.52. The van der Waals surface area contributed by atoms with E-state index in [0.717, 1.165) is 50.3 Å². The molecule has 0 amide bonds. The van der Waals surface area contributed by atoms with Gasteiger partial charge < -0.3 is 10.8 Å². The summed E-state index contributed by atoms with van der Waals surface area (Å²) in [5.41, 5.74) is 4.45. The molecule has 0 bridgehead atoms. The zero-order valence-electron chi connectivity index (χ0n) is 11.9. The Bertz CT molecular complexity index is 495. The van der Waals surface area contributed by atoms with E-state index in [2.05, 4.69) is 0 Å². The normalized spacial score (nSPS) is 19.2. The lowest BCUT2D eigenvalue weighted by Crippen LogP contribution is -2.45.